The number of thiophene rings is 1. The number of hydrogen-bond donors (Lipinski definition) is 0. The number of nitrogens with zero attached hydrogens (tertiary/aromatic N) is 1. The van der Waals surface area contributed by atoms with Crippen LogP contribution in [0.25, 0.3) is 75.8 Å². The van der Waals surface area contributed by atoms with E-state index in [1.807, 2.05) is 11.3 Å². The van der Waals surface area contributed by atoms with E-state index in [9.17, 15) is 0 Å². The molecule has 276 valence electrons. The minimum atomic E-state index is 1.10. The zero-order valence-electron chi connectivity index (χ0n) is 32.6. The van der Waals surface area contributed by atoms with E-state index in [4.69, 9.17) is 0 Å². The van der Waals surface area contributed by atoms with E-state index < -0.39 is 0 Å². The number of rotatable bonds is 8. The van der Waals surface area contributed by atoms with Gasteiger partial charge in [-0.3, -0.25) is 0 Å². The van der Waals surface area contributed by atoms with E-state index in [0.717, 1.165) is 17.1 Å². The average Bonchev–Trinajstić information content (AvgIpc) is 3.67. The maximum absolute atomic E-state index is 2.47. The van der Waals surface area contributed by atoms with Crippen LogP contribution in [0.2, 0.25) is 0 Å². The van der Waals surface area contributed by atoms with Crippen LogP contribution >= 0.6 is 11.3 Å². The first-order valence-corrected chi connectivity index (χ1v) is 20.7. The monoisotopic (exact) mass is 759 g/mol. The van der Waals surface area contributed by atoms with Gasteiger partial charge < -0.3 is 4.90 Å². The van der Waals surface area contributed by atoms with Crippen LogP contribution in [0.5, 0.6) is 0 Å². The Kier molecular flexibility index (Phi) is 9.25. The van der Waals surface area contributed by atoms with Crippen LogP contribution in [0, 0.1) is 13.8 Å². The molecule has 9 aromatic carbocycles. The summed E-state index contributed by atoms with van der Waals surface area (Å²) in [5, 5.41) is 2.60. The second kappa shape index (κ2) is 15.2. The predicted molar refractivity (Wildman–Crippen MR) is 251 cm³/mol. The summed E-state index contributed by atoms with van der Waals surface area (Å²) < 4.78 is 2.61. The third-order valence-corrected chi connectivity index (χ3v) is 12.7. The molecule has 10 aromatic rings. The molecule has 1 heterocycles. The molecule has 0 saturated carbocycles. The van der Waals surface area contributed by atoms with Gasteiger partial charge in [-0.1, -0.05) is 176 Å². The lowest BCUT2D eigenvalue weighted by Crippen LogP contribution is -2.12. The molecule has 0 atom stereocenters. The van der Waals surface area contributed by atoms with Gasteiger partial charge in [0.25, 0.3) is 0 Å². The van der Waals surface area contributed by atoms with Crippen molar-refractivity contribution in [3.05, 3.63) is 223 Å². The molecule has 0 aliphatic heterocycles. The Morgan fingerprint density at radius 2 is 0.828 bits per heavy atom. The van der Waals surface area contributed by atoms with Gasteiger partial charge in [-0.05, 0) is 100 Å². The fraction of sp³-hybridized carbons (Fsp3) is 0.0357. The lowest BCUT2D eigenvalue weighted by atomic mass is 9.90. The summed E-state index contributed by atoms with van der Waals surface area (Å²) in [6, 6.07) is 77.4. The summed E-state index contributed by atoms with van der Waals surface area (Å²) in [7, 11) is 0. The van der Waals surface area contributed by atoms with Crippen LogP contribution in [-0.4, -0.2) is 0 Å². The normalized spacial score (nSPS) is 11.3. The highest BCUT2D eigenvalue weighted by Crippen LogP contribution is 2.48. The van der Waals surface area contributed by atoms with E-state index >= 15 is 0 Å². The average molecular weight is 760 g/mol. The second-order valence-corrected chi connectivity index (χ2v) is 16.0. The maximum Gasteiger partial charge on any atom is 0.0540 e. The Morgan fingerprint density at radius 1 is 0.345 bits per heavy atom. The molecule has 0 bridgehead atoms. The summed E-state index contributed by atoms with van der Waals surface area (Å²) in [5.74, 6) is 0. The van der Waals surface area contributed by atoms with Crippen molar-refractivity contribution in [1.82, 2.24) is 0 Å². The highest BCUT2D eigenvalue weighted by atomic mass is 32.1. The maximum atomic E-state index is 2.47. The Morgan fingerprint density at radius 3 is 1.55 bits per heavy atom. The molecule has 0 saturated heterocycles. The molecule has 0 amide bonds. The molecule has 0 fully saturated rings. The molecule has 1 aromatic heterocycles. The summed E-state index contributed by atoms with van der Waals surface area (Å²) in [5.41, 5.74) is 18.1. The number of hydrogen-bond acceptors (Lipinski definition) is 2. The Bertz CT molecular complexity index is 3080. The summed E-state index contributed by atoms with van der Waals surface area (Å²) >= 11 is 1.88. The summed E-state index contributed by atoms with van der Waals surface area (Å²) in [6.45, 7) is 4.47. The third-order valence-electron chi connectivity index (χ3n) is 11.5. The molecule has 0 unspecified atom stereocenters. The van der Waals surface area contributed by atoms with E-state index in [2.05, 4.69) is 231 Å². The minimum Gasteiger partial charge on any atom is -0.309 e. The van der Waals surface area contributed by atoms with Gasteiger partial charge in [0.2, 0.25) is 0 Å². The molecule has 1 nitrogen and oxygen atoms in total. The number of benzene rings is 9. The lowest BCUT2D eigenvalue weighted by Gasteiger charge is -2.30. The van der Waals surface area contributed by atoms with Crippen LogP contribution in [0.1, 0.15) is 11.1 Å². The molecule has 0 radical (unpaired) electrons. The van der Waals surface area contributed by atoms with Crippen LogP contribution in [-0.2, 0) is 0 Å². The topological polar surface area (TPSA) is 3.24 Å². The molecule has 0 N–H and O–H groups in total. The van der Waals surface area contributed by atoms with Crippen molar-refractivity contribution in [2.24, 2.45) is 0 Å². The summed E-state index contributed by atoms with van der Waals surface area (Å²) in [6.07, 6.45) is 0. The van der Waals surface area contributed by atoms with Gasteiger partial charge >= 0.3 is 0 Å². The highest BCUT2D eigenvalue weighted by Gasteiger charge is 2.23. The van der Waals surface area contributed by atoms with Crippen LogP contribution < -0.4 is 4.90 Å². The van der Waals surface area contributed by atoms with E-state index in [0.29, 0.717) is 0 Å². The van der Waals surface area contributed by atoms with Gasteiger partial charge in [0.05, 0.1) is 11.4 Å². The van der Waals surface area contributed by atoms with Crippen LogP contribution in [0.3, 0.4) is 0 Å². The molecule has 2 heteroatoms. The number of aryl methyl sites for hydroxylation is 1. The van der Waals surface area contributed by atoms with Crippen molar-refractivity contribution in [3.63, 3.8) is 0 Å². The Hall–Kier alpha value is -7.00. The zero-order valence-corrected chi connectivity index (χ0v) is 33.4. The van der Waals surface area contributed by atoms with Crippen LogP contribution in [0.15, 0.2) is 212 Å². The SMILES string of the molecule is Cc1ccccc1-c1cccc(-c2ccccc2N(c2ccc(-c3cccc(-c4ccccc4)c3)cc2)c2ccccc2-c2cccc3c2sc2ccccc23)c1C. The molecular weight excluding hydrogens is 719 g/mol. The Balaban J connectivity index is 1.17. The third kappa shape index (κ3) is 6.38. The summed E-state index contributed by atoms with van der Waals surface area (Å²) in [4.78, 5) is 2.47. The second-order valence-electron chi connectivity index (χ2n) is 14.9. The zero-order chi connectivity index (χ0) is 39.0. The van der Waals surface area contributed by atoms with Gasteiger partial charge in [-0.2, -0.15) is 0 Å². The van der Waals surface area contributed by atoms with Crippen molar-refractivity contribution in [3.8, 4) is 55.6 Å². The van der Waals surface area contributed by atoms with Crippen molar-refractivity contribution in [2.75, 3.05) is 4.90 Å². The molecule has 0 spiro atoms. The van der Waals surface area contributed by atoms with E-state index in [1.165, 1.54) is 86.9 Å². The molecule has 0 aliphatic rings. The molecular formula is C56H41NS. The van der Waals surface area contributed by atoms with Gasteiger partial charge in [0, 0.05) is 42.6 Å². The number of anilines is 3. The van der Waals surface area contributed by atoms with Crippen molar-refractivity contribution in [2.45, 2.75) is 13.8 Å². The van der Waals surface area contributed by atoms with Gasteiger partial charge in [0.15, 0.2) is 0 Å². The quantitative estimate of drug-likeness (QED) is 0.149. The van der Waals surface area contributed by atoms with E-state index in [-0.39, 0.29) is 0 Å². The Labute approximate surface area is 344 Å². The smallest absolute Gasteiger partial charge is 0.0540 e. The van der Waals surface area contributed by atoms with E-state index in [1.54, 1.807) is 0 Å². The first-order valence-electron chi connectivity index (χ1n) is 19.9. The largest absolute Gasteiger partial charge is 0.309 e. The van der Waals surface area contributed by atoms with Gasteiger partial charge in [0.1, 0.15) is 0 Å². The fourth-order valence-electron chi connectivity index (χ4n) is 8.57. The number of fused-ring (bicyclic) bond motifs is 3. The number of para-hydroxylation sites is 2. The first-order chi connectivity index (χ1) is 28.6. The van der Waals surface area contributed by atoms with Crippen LogP contribution in [0.4, 0.5) is 17.1 Å². The molecule has 0 aliphatic carbocycles. The van der Waals surface area contributed by atoms with Crippen molar-refractivity contribution < 1.29 is 0 Å². The first kappa shape index (κ1) is 35.4. The lowest BCUT2D eigenvalue weighted by molar-refractivity contribution is 1.28. The van der Waals surface area contributed by atoms with Crippen molar-refractivity contribution >= 4 is 48.6 Å². The fourth-order valence-corrected chi connectivity index (χ4v) is 9.80. The predicted octanol–water partition coefficient (Wildman–Crippen LogP) is 16.5. The highest BCUT2D eigenvalue weighted by molar-refractivity contribution is 7.26. The van der Waals surface area contributed by atoms with Gasteiger partial charge in [-0.15, -0.1) is 11.3 Å². The standard InChI is InChI=1S/C56H41NS/c1-38-17-6-7-22-45(38)46-26-15-27-47(39(46)2)48-23-8-11-30-53(48)57(44-35-33-41(34-36-44)43-21-14-20-42(37-43)40-18-4-3-5-19-40)54-31-12-9-24-49(54)51-28-16-29-52-50-25-10-13-32-55(50)58-56(51)52/h3-37H,1-2H3. The molecule has 10 rings (SSSR count). The van der Waals surface area contributed by atoms with Gasteiger partial charge in [-0.25, -0.2) is 0 Å². The minimum absolute atomic E-state index is 1.10. The molecule has 58 heavy (non-hydrogen) atoms. The van der Waals surface area contributed by atoms with Crippen molar-refractivity contribution in [1.29, 1.82) is 0 Å².